The number of rotatable bonds is 5. The third kappa shape index (κ3) is 4.59. The van der Waals surface area contributed by atoms with Gasteiger partial charge in [0.2, 0.25) is 0 Å². The lowest BCUT2D eigenvalue weighted by atomic mass is 10.0. The number of methoxy groups -OCH3 is 1. The Morgan fingerprint density at radius 1 is 1.25 bits per heavy atom. The van der Waals surface area contributed by atoms with Gasteiger partial charge in [0.15, 0.2) is 0 Å². The smallest absolute Gasteiger partial charge is 0.257 e. The predicted octanol–water partition coefficient (Wildman–Crippen LogP) is 3.98. The van der Waals surface area contributed by atoms with E-state index in [1.807, 2.05) is 11.9 Å². The molecule has 0 atom stereocenters. The molecule has 0 unspecified atom stereocenters. The number of carbonyl (C=O) groups excluding carboxylic acids is 1. The van der Waals surface area contributed by atoms with Gasteiger partial charge in [0.25, 0.3) is 5.91 Å². The highest BCUT2D eigenvalue weighted by Gasteiger charge is 2.28. The fraction of sp³-hybridized carbons (Fsp3) is 0.409. The second-order valence-electron chi connectivity index (χ2n) is 7.48. The summed E-state index contributed by atoms with van der Waals surface area (Å²) >= 11 is 6.13. The first kappa shape index (κ1) is 20.5. The van der Waals surface area contributed by atoms with Crippen LogP contribution in [0.4, 0.5) is 5.69 Å². The molecule has 1 heterocycles. The summed E-state index contributed by atoms with van der Waals surface area (Å²) in [5.41, 5.74) is 9.29. The van der Waals surface area contributed by atoms with Gasteiger partial charge in [0.1, 0.15) is 5.75 Å². The van der Waals surface area contributed by atoms with E-state index in [9.17, 15) is 4.79 Å². The van der Waals surface area contributed by atoms with Crippen LogP contribution in [0, 0.1) is 6.92 Å². The van der Waals surface area contributed by atoms with Crippen molar-refractivity contribution in [3.05, 3.63) is 58.1 Å². The monoisotopic (exact) mass is 401 g/mol. The number of piperidine rings is 1. The Hall–Kier alpha value is -2.24. The molecular weight excluding hydrogens is 374 g/mol. The van der Waals surface area contributed by atoms with Crippen molar-refractivity contribution in [1.29, 1.82) is 0 Å². The van der Waals surface area contributed by atoms with Crippen LogP contribution in [0.25, 0.3) is 0 Å². The number of anilines is 1. The van der Waals surface area contributed by atoms with Gasteiger partial charge in [-0.3, -0.25) is 9.69 Å². The second-order valence-corrected chi connectivity index (χ2v) is 7.89. The molecule has 5 nitrogen and oxygen atoms in total. The Bertz CT molecular complexity index is 830. The molecule has 0 aromatic heterocycles. The maximum absolute atomic E-state index is 13.0. The van der Waals surface area contributed by atoms with E-state index >= 15 is 0 Å². The van der Waals surface area contributed by atoms with E-state index in [4.69, 9.17) is 22.1 Å². The van der Waals surface area contributed by atoms with E-state index in [1.54, 1.807) is 12.1 Å². The number of halogens is 1. The van der Waals surface area contributed by atoms with E-state index in [-0.39, 0.29) is 11.9 Å². The maximum atomic E-state index is 13.0. The van der Waals surface area contributed by atoms with E-state index < -0.39 is 0 Å². The molecule has 1 aliphatic rings. The molecule has 1 fully saturated rings. The Morgan fingerprint density at radius 3 is 2.50 bits per heavy atom. The van der Waals surface area contributed by atoms with Crippen LogP contribution in [-0.4, -0.2) is 49.0 Å². The number of nitrogen functional groups attached to an aromatic ring is 1. The number of amides is 1. The third-order valence-electron chi connectivity index (χ3n) is 5.50. The Kier molecular flexibility index (Phi) is 6.47. The molecule has 0 saturated carbocycles. The topological polar surface area (TPSA) is 58.8 Å². The average Bonchev–Trinajstić information content (AvgIpc) is 2.71. The van der Waals surface area contributed by atoms with Crippen LogP contribution in [0.5, 0.6) is 5.75 Å². The van der Waals surface area contributed by atoms with Gasteiger partial charge in [0.05, 0.1) is 23.4 Å². The first-order valence-electron chi connectivity index (χ1n) is 9.57. The Morgan fingerprint density at radius 2 is 1.89 bits per heavy atom. The van der Waals surface area contributed by atoms with Crippen molar-refractivity contribution in [2.75, 3.05) is 33.0 Å². The number of likely N-dealkylation sites (tertiary alicyclic amines) is 1. The van der Waals surface area contributed by atoms with E-state index in [0.717, 1.165) is 32.5 Å². The molecule has 2 aromatic rings. The number of aryl methyl sites for hydroxylation is 1. The summed E-state index contributed by atoms with van der Waals surface area (Å²) in [6.07, 6.45) is 1.89. The molecule has 2 aromatic carbocycles. The number of carbonyl (C=O) groups is 1. The highest BCUT2D eigenvalue weighted by molar-refractivity contribution is 6.33. The van der Waals surface area contributed by atoms with E-state index in [2.05, 4.69) is 36.1 Å². The van der Waals surface area contributed by atoms with Crippen LogP contribution >= 0.6 is 11.6 Å². The molecule has 2 N–H and O–H groups in total. The number of nitrogens with zero attached hydrogens (tertiary/aromatic N) is 2. The van der Waals surface area contributed by atoms with Gasteiger partial charge in [-0.05, 0) is 31.4 Å². The van der Waals surface area contributed by atoms with Gasteiger partial charge in [-0.2, -0.15) is 0 Å². The zero-order valence-corrected chi connectivity index (χ0v) is 17.5. The van der Waals surface area contributed by atoms with Crippen LogP contribution in [0.15, 0.2) is 36.4 Å². The molecule has 0 bridgehead atoms. The van der Waals surface area contributed by atoms with Gasteiger partial charge >= 0.3 is 0 Å². The zero-order valence-electron chi connectivity index (χ0n) is 16.7. The molecule has 1 saturated heterocycles. The van der Waals surface area contributed by atoms with Crippen molar-refractivity contribution in [2.45, 2.75) is 32.4 Å². The van der Waals surface area contributed by atoms with Crippen molar-refractivity contribution in [3.8, 4) is 5.75 Å². The molecule has 3 rings (SSSR count). The summed E-state index contributed by atoms with van der Waals surface area (Å²) in [5.74, 6) is 0.367. The first-order chi connectivity index (χ1) is 13.4. The van der Waals surface area contributed by atoms with Crippen molar-refractivity contribution >= 4 is 23.2 Å². The minimum Gasteiger partial charge on any atom is -0.496 e. The number of ether oxygens (including phenoxy) is 1. The van der Waals surface area contributed by atoms with Crippen LogP contribution in [0.1, 0.15) is 34.3 Å². The SMILES string of the molecule is COc1cc(N)c(Cl)cc1C(=O)N(C)C1CCN(Cc2ccc(C)cc2)CC1. The Labute approximate surface area is 172 Å². The standard InChI is InChI=1S/C22H28ClN3O2/c1-15-4-6-16(7-5-15)14-26-10-8-17(9-11-26)25(2)22(27)18-12-19(23)20(24)13-21(18)28-3/h4-7,12-13,17H,8-11,14,24H2,1-3H3. The number of nitrogens with two attached hydrogens (primary N) is 1. The van der Waals surface area contributed by atoms with Gasteiger partial charge in [0, 0.05) is 38.8 Å². The molecule has 0 spiro atoms. The van der Waals surface area contributed by atoms with E-state index in [0.29, 0.717) is 22.0 Å². The van der Waals surface area contributed by atoms with Gasteiger partial charge in [-0.15, -0.1) is 0 Å². The lowest BCUT2D eigenvalue weighted by Crippen LogP contribution is -2.45. The van der Waals surface area contributed by atoms with Crippen LogP contribution in [0.2, 0.25) is 5.02 Å². The normalized spacial score (nSPS) is 15.4. The molecule has 1 amide bonds. The molecule has 150 valence electrons. The number of hydrogen-bond acceptors (Lipinski definition) is 4. The lowest BCUT2D eigenvalue weighted by molar-refractivity contribution is 0.0633. The summed E-state index contributed by atoms with van der Waals surface area (Å²) in [6, 6.07) is 12.1. The summed E-state index contributed by atoms with van der Waals surface area (Å²) in [7, 11) is 3.38. The molecule has 28 heavy (non-hydrogen) atoms. The number of benzene rings is 2. The average molecular weight is 402 g/mol. The molecule has 0 aliphatic carbocycles. The van der Waals surface area contributed by atoms with E-state index in [1.165, 1.54) is 18.2 Å². The van der Waals surface area contributed by atoms with Crippen molar-refractivity contribution in [3.63, 3.8) is 0 Å². The minimum absolute atomic E-state index is 0.0873. The third-order valence-corrected chi connectivity index (χ3v) is 5.83. The van der Waals surface area contributed by atoms with Crippen LogP contribution in [0.3, 0.4) is 0 Å². The van der Waals surface area contributed by atoms with Gasteiger partial charge < -0.3 is 15.4 Å². The highest BCUT2D eigenvalue weighted by Crippen LogP contribution is 2.30. The second kappa shape index (κ2) is 8.84. The molecule has 6 heteroatoms. The fourth-order valence-electron chi connectivity index (χ4n) is 3.68. The molecule has 0 radical (unpaired) electrons. The Balaban J connectivity index is 1.62. The predicted molar refractivity (Wildman–Crippen MR) is 114 cm³/mol. The first-order valence-corrected chi connectivity index (χ1v) is 9.95. The molecule has 1 aliphatic heterocycles. The quantitative estimate of drug-likeness (QED) is 0.770. The van der Waals surface area contributed by atoms with Crippen molar-refractivity contribution < 1.29 is 9.53 Å². The van der Waals surface area contributed by atoms with Crippen molar-refractivity contribution in [2.24, 2.45) is 0 Å². The largest absolute Gasteiger partial charge is 0.496 e. The van der Waals surface area contributed by atoms with Gasteiger partial charge in [-0.1, -0.05) is 41.4 Å². The maximum Gasteiger partial charge on any atom is 0.257 e. The lowest BCUT2D eigenvalue weighted by Gasteiger charge is -2.37. The summed E-state index contributed by atoms with van der Waals surface area (Å²) in [5, 5.41) is 0.366. The summed E-state index contributed by atoms with van der Waals surface area (Å²) < 4.78 is 5.34. The van der Waals surface area contributed by atoms with Gasteiger partial charge in [-0.25, -0.2) is 0 Å². The molecular formula is C22H28ClN3O2. The zero-order chi connectivity index (χ0) is 20.3. The van der Waals surface area contributed by atoms with Crippen LogP contribution < -0.4 is 10.5 Å². The minimum atomic E-state index is -0.0873. The van der Waals surface area contributed by atoms with Crippen molar-refractivity contribution in [1.82, 2.24) is 9.80 Å². The number of hydrogen-bond donors (Lipinski definition) is 1. The summed E-state index contributed by atoms with van der Waals surface area (Å²) in [6.45, 7) is 4.99. The fourth-order valence-corrected chi connectivity index (χ4v) is 3.84. The van der Waals surface area contributed by atoms with Crippen LogP contribution in [-0.2, 0) is 6.54 Å². The summed E-state index contributed by atoms with van der Waals surface area (Å²) in [4.78, 5) is 17.3. The highest BCUT2D eigenvalue weighted by atomic mass is 35.5.